The molecule has 0 heterocycles. The van der Waals surface area contributed by atoms with Gasteiger partial charge in [0.1, 0.15) is 19.3 Å². The summed E-state index contributed by atoms with van der Waals surface area (Å²) in [6.07, 6.45) is 47.2. The molecule has 528 valence electrons. The van der Waals surface area contributed by atoms with Crippen LogP contribution in [0.15, 0.2) is 0 Å². The van der Waals surface area contributed by atoms with E-state index in [4.69, 9.17) is 37.0 Å². The number of carbonyl (C=O) groups is 4. The second-order valence-electron chi connectivity index (χ2n) is 26.2. The average Bonchev–Trinajstić information content (AvgIpc) is 3.71. The molecule has 0 aliphatic rings. The van der Waals surface area contributed by atoms with Crippen molar-refractivity contribution in [2.45, 2.75) is 374 Å². The van der Waals surface area contributed by atoms with Crippen molar-refractivity contribution in [3.05, 3.63) is 0 Å². The molecule has 0 fully saturated rings. The van der Waals surface area contributed by atoms with Gasteiger partial charge in [-0.25, -0.2) is 9.13 Å². The Bertz CT molecular complexity index is 1730. The number of carbonyl (C=O) groups excluding carboxylic acids is 4. The van der Waals surface area contributed by atoms with Crippen LogP contribution < -0.4 is 0 Å². The van der Waals surface area contributed by atoms with Crippen LogP contribution >= 0.6 is 15.6 Å². The molecule has 0 bridgehead atoms. The minimum atomic E-state index is -4.95. The molecule has 0 aromatic rings. The summed E-state index contributed by atoms with van der Waals surface area (Å²) in [5.41, 5.74) is 0. The van der Waals surface area contributed by atoms with E-state index in [0.29, 0.717) is 25.7 Å². The van der Waals surface area contributed by atoms with E-state index in [1.165, 1.54) is 161 Å². The lowest BCUT2D eigenvalue weighted by Crippen LogP contribution is -2.30. The number of phosphoric acid groups is 2. The lowest BCUT2D eigenvalue weighted by Gasteiger charge is -2.21. The van der Waals surface area contributed by atoms with Gasteiger partial charge < -0.3 is 33.8 Å². The predicted octanol–water partition coefficient (Wildman–Crippen LogP) is 20.0. The Morgan fingerprint density at radius 2 is 0.517 bits per heavy atom. The third-order valence-corrected chi connectivity index (χ3v) is 18.1. The second-order valence-corrected chi connectivity index (χ2v) is 29.1. The number of aliphatic hydroxyl groups excluding tert-OH is 1. The molecule has 0 rings (SSSR count). The summed E-state index contributed by atoms with van der Waals surface area (Å²) < 4.78 is 68.2. The smallest absolute Gasteiger partial charge is 0.462 e. The number of hydrogen-bond donors (Lipinski definition) is 3. The van der Waals surface area contributed by atoms with E-state index in [-0.39, 0.29) is 25.7 Å². The molecular weight excluding hydrogens is 1170 g/mol. The molecule has 0 aromatic heterocycles. The van der Waals surface area contributed by atoms with Crippen LogP contribution in [0.25, 0.3) is 0 Å². The zero-order valence-corrected chi connectivity index (χ0v) is 59.5. The van der Waals surface area contributed by atoms with Gasteiger partial charge in [0.15, 0.2) is 12.2 Å². The van der Waals surface area contributed by atoms with E-state index in [1.54, 1.807) is 0 Å². The first-order valence-corrected chi connectivity index (χ1v) is 39.5. The summed E-state index contributed by atoms with van der Waals surface area (Å²) in [4.78, 5) is 72.4. The normalized spacial score (nSPS) is 14.1. The van der Waals surface area contributed by atoms with Crippen molar-refractivity contribution in [1.82, 2.24) is 0 Å². The maximum Gasteiger partial charge on any atom is 0.472 e. The molecule has 0 saturated carbocycles. The van der Waals surface area contributed by atoms with Crippen molar-refractivity contribution in [2.75, 3.05) is 39.6 Å². The summed E-state index contributed by atoms with van der Waals surface area (Å²) in [7, 11) is -9.90. The Hall–Kier alpha value is -1.94. The van der Waals surface area contributed by atoms with E-state index in [1.807, 2.05) is 0 Å². The highest BCUT2D eigenvalue weighted by Gasteiger charge is 2.30. The number of esters is 4. The molecule has 0 spiro atoms. The van der Waals surface area contributed by atoms with E-state index in [9.17, 15) is 43.2 Å². The summed E-state index contributed by atoms with van der Waals surface area (Å²) >= 11 is 0. The summed E-state index contributed by atoms with van der Waals surface area (Å²) in [6.45, 7) is 9.52. The first kappa shape index (κ1) is 87.1. The number of aliphatic hydroxyl groups is 1. The minimum Gasteiger partial charge on any atom is -0.462 e. The number of ether oxygens (including phenoxy) is 4. The van der Waals surface area contributed by atoms with Gasteiger partial charge in [-0.3, -0.25) is 37.3 Å². The molecule has 19 heteroatoms. The zero-order chi connectivity index (χ0) is 65.7. The molecule has 2 unspecified atom stereocenters. The van der Waals surface area contributed by atoms with Crippen LogP contribution in [0, 0.1) is 11.8 Å². The van der Waals surface area contributed by atoms with Crippen LogP contribution in [0.1, 0.15) is 356 Å². The standard InChI is InChI=1S/C70H136O17P2/c1-7-9-11-13-15-16-17-19-23-30-36-42-48-54-69(74)86-65(58-80-67(72)52-46-40-32-14-12-10-8-2)60-84-88(76,77)82-56-64(71)57-83-89(78,79)85-61-66(59-81-68(73)53-47-41-35-29-26-25-28-34-39-45-51-63(5)6)87-70(75)55-49-43-37-31-24-21-18-20-22-27-33-38-44-50-62(3)4/h62-66,71H,7-61H2,1-6H3,(H,76,77)(H,78,79)/t64-,65+,66+/m0/s1. The predicted molar refractivity (Wildman–Crippen MR) is 358 cm³/mol. The Morgan fingerprint density at radius 1 is 0.303 bits per heavy atom. The fraction of sp³-hybridized carbons (Fsp3) is 0.943. The molecule has 89 heavy (non-hydrogen) atoms. The maximum absolute atomic E-state index is 13.0. The molecular formula is C70H136O17P2. The van der Waals surface area contributed by atoms with Crippen LogP contribution in [0.4, 0.5) is 0 Å². The van der Waals surface area contributed by atoms with E-state index in [2.05, 4.69) is 41.5 Å². The third kappa shape index (κ3) is 64.6. The van der Waals surface area contributed by atoms with Gasteiger partial charge in [-0.1, -0.05) is 305 Å². The van der Waals surface area contributed by atoms with Crippen LogP contribution in [0.5, 0.6) is 0 Å². The second kappa shape index (κ2) is 62.2. The van der Waals surface area contributed by atoms with Crippen LogP contribution in [-0.4, -0.2) is 96.7 Å². The number of hydrogen-bond acceptors (Lipinski definition) is 15. The average molecular weight is 1310 g/mol. The molecule has 0 radical (unpaired) electrons. The van der Waals surface area contributed by atoms with Crippen molar-refractivity contribution in [3.8, 4) is 0 Å². The fourth-order valence-corrected chi connectivity index (χ4v) is 12.2. The molecule has 3 N–H and O–H groups in total. The van der Waals surface area contributed by atoms with E-state index < -0.39 is 97.5 Å². The van der Waals surface area contributed by atoms with Crippen molar-refractivity contribution in [2.24, 2.45) is 11.8 Å². The SMILES string of the molecule is CCCCCCCCCCCCCCCC(=O)O[C@H](COC(=O)CCCCCCCCC)COP(=O)(O)OC[C@H](O)COP(=O)(O)OC[C@@H](COC(=O)CCCCCCCCCCCCC(C)C)OC(=O)CCCCCCCCCCCCCCCC(C)C. The van der Waals surface area contributed by atoms with Gasteiger partial charge in [-0.2, -0.15) is 0 Å². The minimum absolute atomic E-state index is 0.107. The van der Waals surface area contributed by atoms with Crippen LogP contribution in [-0.2, 0) is 65.4 Å². The van der Waals surface area contributed by atoms with Crippen molar-refractivity contribution < 1.29 is 80.2 Å². The van der Waals surface area contributed by atoms with Crippen molar-refractivity contribution >= 4 is 39.5 Å². The van der Waals surface area contributed by atoms with Gasteiger partial charge in [-0.15, -0.1) is 0 Å². The highest BCUT2D eigenvalue weighted by molar-refractivity contribution is 7.47. The maximum atomic E-state index is 13.0. The molecule has 17 nitrogen and oxygen atoms in total. The van der Waals surface area contributed by atoms with Gasteiger partial charge in [-0.05, 0) is 37.5 Å². The zero-order valence-electron chi connectivity index (χ0n) is 57.7. The third-order valence-electron chi connectivity index (χ3n) is 16.2. The van der Waals surface area contributed by atoms with Gasteiger partial charge in [0.05, 0.1) is 26.4 Å². The number of unbranched alkanes of at least 4 members (excludes halogenated alkanes) is 39. The monoisotopic (exact) mass is 1310 g/mol. The summed E-state index contributed by atoms with van der Waals surface area (Å²) in [5, 5.41) is 10.6. The Morgan fingerprint density at radius 3 is 0.764 bits per heavy atom. The highest BCUT2D eigenvalue weighted by atomic mass is 31.2. The first-order chi connectivity index (χ1) is 42.9. The van der Waals surface area contributed by atoms with Crippen molar-refractivity contribution in [1.29, 1.82) is 0 Å². The Kier molecular flexibility index (Phi) is 60.8. The van der Waals surface area contributed by atoms with Crippen molar-refractivity contribution in [3.63, 3.8) is 0 Å². The summed E-state index contributed by atoms with van der Waals surface area (Å²) in [6, 6.07) is 0. The molecule has 0 aliphatic heterocycles. The van der Waals surface area contributed by atoms with Gasteiger partial charge in [0, 0.05) is 25.7 Å². The lowest BCUT2D eigenvalue weighted by molar-refractivity contribution is -0.161. The highest BCUT2D eigenvalue weighted by Crippen LogP contribution is 2.45. The molecule has 0 saturated heterocycles. The number of phosphoric ester groups is 2. The molecule has 0 aliphatic carbocycles. The van der Waals surface area contributed by atoms with Gasteiger partial charge >= 0.3 is 39.5 Å². The van der Waals surface area contributed by atoms with Gasteiger partial charge in [0.25, 0.3) is 0 Å². The van der Waals surface area contributed by atoms with E-state index in [0.717, 1.165) is 115 Å². The Labute approximate surface area is 543 Å². The Balaban J connectivity index is 5.21. The quantitative estimate of drug-likeness (QED) is 0.0222. The largest absolute Gasteiger partial charge is 0.472 e. The fourth-order valence-electron chi connectivity index (χ4n) is 10.6. The van der Waals surface area contributed by atoms with Crippen LogP contribution in [0.3, 0.4) is 0 Å². The molecule has 0 amide bonds. The molecule has 0 aromatic carbocycles. The summed E-state index contributed by atoms with van der Waals surface area (Å²) in [5.74, 6) is -0.582. The topological polar surface area (TPSA) is 237 Å². The first-order valence-electron chi connectivity index (χ1n) is 36.5. The van der Waals surface area contributed by atoms with Crippen LogP contribution in [0.2, 0.25) is 0 Å². The van der Waals surface area contributed by atoms with Gasteiger partial charge in [0.2, 0.25) is 0 Å². The number of rotatable bonds is 69. The lowest BCUT2D eigenvalue weighted by atomic mass is 10.0. The molecule has 5 atom stereocenters. The van der Waals surface area contributed by atoms with E-state index >= 15 is 0 Å².